The molecule has 2 aliphatic rings. The molecule has 0 unspecified atom stereocenters. The molecular weight excluding hydrogens is 442 g/mol. The van der Waals surface area contributed by atoms with E-state index in [0.717, 1.165) is 39.7 Å². The zero-order valence-corrected chi connectivity index (χ0v) is 19.3. The molecule has 1 aromatic heterocycles. The normalized spacial score (nSPS) is 15.0. The van der Waals surface area contributed by atoms with Crippen molar-refractivity contribution in [2.24, 2.45) is 0 Å². The van der Waals surface area contributed by atoms with Crippen LogP contribution in [0.3, 0.4) is 0 Å². The lowest BCUT2D eigenvalue weighted by atomic mass is 10.0. The summed E-state index contributed by atoms with van der Waals surface area (Å²) in [6, 6.07) is 6.00. The van der Waals surface area contributed by atoms with E-state index in [1.54, 1.807) is 16.8 Å². The second kappa shape index (κ2) is 7.88. The first-order valence-electron chi connectivity index (χ1n) is 10.2. The highest BCUT2D eigenvalue weighted by Gasteiger charge is 2.33. The highest BCUT2D eigenvalue weighted by Crippen LogP contribution is 2.47. The van der Waals surface area contributed by atoms with Gasteiger partial charge in [0.2, 0.25) is 0 Å². The average Bonchev–Trinajstić information content (AvgIpc) is 3.51. The van der Waals surface area contributed by atoms with E-state index in [0.29, 0.717) is 36.0 Å². The molecule has 30 heavy (non-hydrogen) atoms. The molecule has 1 aromatic carbocycles. The predicted molar refractivity (Wildman–Crippen MR) is 121 cm³/mol. The van der Waals surface area contributed by atoms with Gasteiger partial charge in [-0.15, -0.1) is 0 Å². The fourth-order valence-electron chi connectivity index (χ4n) is 3.81. The van der Waals surface area contributed by atoms with E-state index in [2.05, 4.69) is 33.8 Å². The molecule has 0 saturated heterocycles. The third-order valence-corrected chi connectivity index (χ3v) is 6.44. The molecule has 0 bridgehead atoms. The standard InChI is InChI=1S/C24H24BrN3O2/c1-5-6-7-22(29)28(21-11-14(2)19(25)12-17(21)16-8-9-16)23-15(3)10-18-20(26-23)13-27(4)24(18)30/h10-12,16H,5,8-9,13H2,1-4H3. The van der Waals surface area contributed by atoms with Crippen LogP contribution in [0.1, 0.15) is 64.8 Å². The number of pyridine rings is 1. The van der Waals surface area contributed by atoms with Crippen molar-refractivity contribution in [3.05, 3.63) is 50.6 Å². The van der Waals surface area contributed by atoms with E-state index < -0.39 is 0 Å². The van der Waals surface area contributed by atoms with Crippen LogP contribution in [0.15, 0.2) is 22.7 Å². The van der Waals surface area contributed by atoms with E-state index in [-0.39, 0.29) is 11.8 Å². The van der Waals surface area contributed by atoms with Gasteiger partial charge in [-0.2, -0.15) is 0 Å². The molecule has 1 fully saturated rings. The summed E-state index contributed by atoms with van der Waals surface area (Å²) in [6.45, 7) is 6.27. The first-order chi connectivity index (χ1) is 14.3. The number of carbonyl (C=O) groups is 2. The van der Waals surface area contributed by atoms with Crippen molar-refractivity contribution in [2.75, 3.05) is 11.9 Å². The fraction of sp³-hybridized carbons (Fsp3) is 0.375. The minimum Gasteiger partial charge on any atom is -0.336 e. The number of benzene rings is 1. The second-order valence-corrected chi connectivity index (χ2v) is 8.87. The summed E-state index contributed by atoms with van der Waals surface area (Å²) in [6.07, 6.45) is 2.83. The lowest BCUT2D eigenvalue weighted by Crippen LogP contribution is -2.28. The smallest absolute Gasteiger partial charge is 0.308 e. The Morgan fingerprint density at radius 1 is 1.27 bits per heavy atom. The lowest BCUT2D eigenvalue weighted by Gasteiger charge is -2.25. The van der Waals surface area contributed by atoms with Gasteiger partial charge in [-0.3, -0.25) is 14.5 Å². The number of aromatic nitrogens is 1. The molecule has 4 rings (SSSR count). The van der Waals surface area contributed by atoms with Crippen LogP contribution in [0.2, 0.25) is 0 Å². The maximum absolute atomic E-state index is 13.3. The molecule has 2 amide bonds. The van der Waals surface area contributed by atoms with Gasteiger partial charge in [-0.25, -0.2) is 4.98 Å². The van der Waals surface area contributed by atoms with Gasteiger partial charge in [-0.05, 0) is 73.4 Å². The molecule has 1 aliphatic heterocycles. The first kappa shape index (κ1) is 20.6. The molecule has 0 radical (unpaired) electrons. The largest absolute Gasteiger partial charge is 0.336 e. The quantitative estimate of drug-likeness (QED) is 0.599. The molecule has 0 N–H and O–H groups in total. The van der Waals surface area contributed by atoms with E-state index in [9.17, 15) is 9.59 Å². The Morgan fingerprint density at radius 2 is 2.00 bits per heavy atom. The molecule has 1 aliphatic carbocycles. The van der Waals surface area contributed by atoms with Crippen molar-refractivity contribution < 1.29 is 9.59 Å². The van der Waals surface area contributed by atoms with Crippen molar-refractivity contribution >= 4 is 39.2 Å². The van der Waals surface area contributed by atoms with Gasteiger partial charge in [0, 0.05) is 17.9 Å². The van der Waals surface area contributed by atoms with Crippen molar-refractivity contribution in [3.8, 4) is 11.8 Å². The Morgan fingerprint density at radius 3 is 2.67 bits per heavy atom. The number of hydrogen-bond donors (Lipinski definition) is 0. The molecule has 2 aromatic rings. The molecule has 6 heteroatoms. The Hall–Kier alpha value is -2.65. The third-order valence-electron chi connectivity index (χ3n) is 5.58. The van der Waals surface area contributed by atoms with E-state index in [4.69, 9.17) is 4.98 Å². The summed E-state index contributed by atoms with van der Waals surface area (Å²) < 4.78 is 1.03. The summed E-state index contributed by atoms with van der Waals surface area (Å²) in [4.78, 5) is 33.8. The highest BCUT2D eigenvalue weighted by molar-refractivity contribution is 9.10. The molecule has 154 valence electrons. The van der Waals surface area contributed by atoms with E-state index >= 15 is 0 Å². The third kappa shape index (κ3) is 3.63. The van der Waals surface area contributed by atoms with Crippen molar-refractivity contribution in [2.45, 2.75) is 52.5 Å². The van der Waals surface area contributed by atoms with Gasteiger partial charge in [0.1, 0.15) is 5.82 Å². The van der Waals surface area contributed by atoms with Gasteiger partial charge in [0.15, 0.2) is 0 Å². The minimum absolute atomic E-state index is 0.0334. The highest BCUT2D eigenvalue weighted by atomic mass is 79.9. The molecule has 5 nitrogen and oxygen atoms in total. The van der Waals surface area contributed by atoms with Crippen LogP contribution >= 0.6 is 15.9 Å². The summed E-state index contributed by atoms with van der Waals surface area (Å²) >= 11 is 3.64. The van der Waals surface area contributed by atoms with Crippen LogP contribution < -0.4 is 4.90 Å². The predicted octanol–water partition coefficient (Wildman–Crippen LogP) is 5.00. The minimum atomic E-state index is -0.297. The number of amides is 2. The number of carbonyl (C=O) groups excluding carboxylic acids is 2. The number of aryl methyl sites for hydroxylation is 2. The van der Waals surface area contributed by atoms with Crippen LogP contribution in [0, 0.1) is 25.7 Å². The van der Waals surface area contributed by atoms with Crippen LogP contribution in [0.5, 0.6) is 0 Å². The number of hydrogen-bond acceptors (Lipinski definition) is 3. The van der Waals surface area contributed by atoms with Gasteiger partial charge < -0.3 is 4.90 Å². The molecule has 0 atom stereocenters. The van der Waals surface area contributed by atoms with Crippen molar-refractivity contribution in [3.63, 3.8) is 0 Å². The number of halogens is 1. The summed E-state index contributed by atoms with van der Waals surface area (Å²) in [5.41, 5.74) is 5.11. The number of nitrogens with zero attached hydrogens (tertiary/aromatic N) is 3. The van der Waals surface area contributed by atoms with Crippen molar-refractivity contribution in [1.82, 2.24) is 9.88 Å². The first-order valence-corrected chi connectivity index (χ1v) is 11.0. The molecule has 1 saturated carbocycles. The number of anilines is 2. The average molecular weight is 466 g/mol. The van der Waals surface area contributed by atoms with Gasteiger partial charge in [0.05, 0.1) is 23.5 Å². The van der Waals surface area contributed by atoms with E-state index in [1.807, 2.05) is 32.9 Å². The SMILES string of the molecule is CCC#CC(=O)N(c1cc(C)c(Br)cc1C1CC1)c1nc2c(cc1C)C(=O)N(C)C2. The Bertz CT molecular complexity index is 1130. The number of fused-ring (bicyclic) bond motifs is 1. The van der Waals surface area contributed by atoms with Crippen LogP contribution in [-0.2, 0) is 11.3 Å². The zero-order chi connectivity index (χ0) is 21.6. The summed E-state index contributed by atoms with van der Waals surface area (Å²) in [7, 11) is 1.76. The molecule has 0 spiro atoms. The van der Waals surface area contributed by atoms with Crippen molar-refractivity contribution in [1.29, 1.82) is 0 Å². The second-order valence-electron chi connectivity index (χ2n) is 8.01. The Balaban J connectivity index is 1.92. The maximum atomic E-state index is 13.3. The summed E-state index contributed by atoms with van der Waals surface area (Å²) in [5, 5.41) is 0. The topological polar surface area (TPSA) is 53.5 Å². The van der Waals surface area contributed by atoms with Gasteiger partial charge >= 0.3 is 5.91 Å². The molecular formula is C24H24BrN3O2. The monoisotopic (exact) mass is 465 g/mol. The van der Waals surface area contributed by atoms with Crippen LogP contribution in [-0.4, -0.2) is 28.7 Å². The van der Waals surface area contributed by atoms with E-state index in [1.165, 1.54) is 0 Å². The van der Waals surface area contributed by atoms with Gasteiger partial charge in [0.25, 0.3) is 5.91 Å². The Labute approximate surface area is 185 Å². The van der Waals surface area contributed by atoms with Crippen LogP contribution in [0.4, 0.5) is 11.5 Å². The lowest BCUT2D eigenvalue weighted by molar-refractivity contribution is -0.112. The summed E-state index contributed by atoms with van der Waals surface area (Å²) in [5.74, 6) is 6.33. The zero-order valence-electron chi connectivity index (χ0n) is 17.7. The fourth-order valence-corrected chi connectivity index (χ4v) is 4.17. The Kier molecular flexibility index (Phi) is 5.42. The van der Waals surface area contributed by atoms with Crippen LogP contribution in [0.25, 0.3) is 0 Å². The van der Waals surface area contributed by atoms with Gasteiger partial charge in [-0.1, -0.05) is 28.8 Å². The number of rotatable bonds is 3. The maximum Gasteiger partial charge on any atom is 0.308 e. The molecule has 2 heterocycles.